The molecule has 4 amide bonds. The number of likely N-dealkylation sites (N-methyl/N-ethyl adjacent to an activating group) is 1. The molecule has 1 saturated heterocycles. The van der Waals surface area contributed by atoms with Crippen molar-refractivity contribution in [3.05, 3.63) is 57.2 Å². The Morgan fingerprint density at radius 3 is 2.57 bits per heavy atom. The number of quaternary nitrogens is 1. The number of nitrogens with one attached hydrogen (secondary N) is 3. The number of rotatable bonds is 7. The van der Waals surface area contributed by atoms with Crippen LogP contribution in [0.4, 0.5) is 4.79 Å². The van der Waals surface area contributed by atoms with E-state index in [0.29, 0.717) is 22.9 Å². The van der Waals surface area contributed by atoms with Crippen molar-refractivity contribution in [2.24, 2.45) is 0 Å². The average Bonchev–Trinajstić information content (AvgIpc) is 3.18. The van der Waals surface area contributed by atoms with Gasteiger partial charge in [0.05, 0.1) is 16.3 Å². The number of carbonyl (C=O) groups excluding carboxylic acids is 3. The molecule has 1 aromatic heterocycles. The minimum absolute atomic E-state index is 0.108. The van der Waals surface area contributed by atoms with Crippen LogP contribution in [0.2, 0.25) is 4.34 Å². The van der Waals surface area contributed by atoms with E-state index in [0.717, 1.165) is 14.8 Å². The van der Waals surface area contributed by atoms with E-state index in [-0.39, 0.29) is 6.54 Å². The predicted molar refractivity (Wildman–Crippen MR) is 107 cm³/mol. The Hall–Kier alpha value is -2.42. The maximum Gasteiger partial charge on any atom is 0.344 e. The second-order valence-electron chi connectivity index (χ2n) is 6.75. The van der Waals surface area contributed by atoms with Crippen molar-refractivity contribution >= 4 is 40.8 Å². The maximum atomic E-state index is 13.0. The number of hydrogen-bond donors (Lipinski definition) is 3. The molecule has 3 N–H and O–H groups in total. The summed E-state index contributed by atoms with van der Waals surface area (Å²) in [5.41, 5.74) is 1.97. The number of urea groups is 1. The summed E-state index contributed by atoms with van der Waals surface area (Å²) in [4.78, 5) is 39.8. The van der Waals surface area contributed by atoms with Gasteiger partial charge in [-0.15, -0.1) is 11.3 Å². The van der Waals surface area contributed by atoms with E-state index in [2.05, 4.69) is 10.7 Å². The summed E-state index contributed by atoms with van der Waals surface area (Å²) in [6, 6.07) is 12.1. The van der Waals surface area contributed by atoms with E-state index >= 15 is 0 Å². The summed E-state index contributed by atoms with van der Waals surface area (Å²) in [5.74, 6) is -0.897. The molecule has 7 nitrogen and oxygen atoms in total. The molecule has 1 aliphatic rings. The summed E-state index contributed by atoms with van der Waals surface area (Å²) in [5, 5.41) is 3.52. The molecule has 28 heavy (non-hydrogen) atoms. The Kier molecular flexibility index (Phi) is 6.02. The maximum absolute atomic E-state index is 13.0. The lowest BCUT2D eigenvalue weighted by molar-refractivity contribution is -0.885. The second kappa shape index (κ2) is 8.30. The highest BCUT2D eigenvalue weighted by Gasteiger charge is 2.52. The molecular weight excluding hydrogens is 400 g/mol. The van der Waals surface area contributed by atoms with E-state index in [9.17, 15) is 14.4 Å². The van der Waals surface area contributed by atoms with Gasteiger partial charge in [0.2, 0.25) is 0 Å². The number of imide groups is 1. The normalized spacial score (nSPS) is 20.2. The summed E-state index contributed by atoms with van der Waals surface area (Å²) in [7, 11) is 1.86. The van der Waals surface area contributed by atoms with Crippen LogP contribution in [0.1, 0.15) is 23.8 Å². The Labute approximate surface area is 172 Å². The third kappa shape index (κ3) is 4.04. The van der Waals surface area contributed by atoms with Crippen LogP contribution in [0.25, 0.3) is 0 Å². The first-order valence-electron chi connectivity index (χ1n) is 8.93. The third-order valence-corrected chi connectivity index (χ3v) is 5.92. The highest BCUT2D eigenvalue weighted by Crippen LogP contribution is 2.31. The van der Waals surface area contributed by atoms with Crippen molar-refractivity contribution in [1.82, 2.24) is 15.8 Å². The van der Waals surface area contributed by atoms with Crippen LogP contribution < -0.4 is 15.6 Å². The van der Waals surface area contributed by atoms with Gasteiger partial charge in [-0.2, -0.15) is 5.01 Å². The lowest BCUT2D eigenvalue weighted by atomic mass is 9.87. The number of nitrogens with zero attached hydrogens (tertiary/aromatic N) is 1. The topological polar surface area (TPSA) is 83.0 Å². The monoisotopic (exact) mass is 421 g/mol. The Morgan fingerprint density at radius 1 is 1.25 bits per heavy atom. The van der Waals surface area contributed by atoms with Crippen LogP contribution in [-0.4, -0.2) is 36.4 Å². The van der Waals surface area contributed by atoms with Gasteiger partial charge in [-0.1, -0.05) is 48.9 Å². The van der Waals surface area contributed by atoms with Crippen molar-refractivity contribution in [2.45, 2.75) is 25.4 Å². The summed E-state index contributed by atoms with van der Waals surface area (Å²) >= 11 is 7.39. The molecule has 0 spiro atoms. The number of hydrazine groups is 1. The first-order valence-corrected chi connectivity index (χ1v) is 10.1. The molecule has 2 aromatic rings. The minimum atomic E-state index is -1.17. The van der Waals surface area contributed by atoms with Gasteiger partial charge in [0.1, 0.15) is 12.1 Å². The van der Waals surface area contributed by atoms with Crippen LogP contribution >= 0.6 is 22.9 Å². The number of carbonyl (C=O) groups is 3. The highest BCUT2D eigenvalue weighted by molar-refractivity contribution is 7.16. The van der Waals surface area contributed by atoms with Gasteiger partial charge >= 0.3 is 6.03 Å². The molecule has 148 valence electrons. The largest absolute Gasteiger partial charge is 0.344 e. The lowest BCUT2D eigenvalue weighted by Crippen LogP contribution is -3.09. The molecule has 3 rings (SSSR count). The summed E-state index contributed by atoms with van der Waals surface area (Å²) in [6.45, 7) is 2.55. The molecule has 0 aliphatic carbocycles. The highest BCUT2D eigenvalue weighted by atomic mass is 35.5. The fourth-order valence-electron chi connectivity index (χ4n) is 3.28. The molecule has 1 aliphatic heterocycles. The van der Waals surface area contributed by atoms with Crippen LogP contribution in [0.5, 0.6) is 0 Å². The van der Waals surface area contributed by atoms with Crippen molar-refractivity contribution in [1.29, 1.82) is 0 Å². The van der Waals surface area contributed by atoms with Gasteiger partial charge in [-0.3, -0.25) is 15.0 Å². The molecule has 9 heteroatoms. The van der Waals surface area contributed by atoms with Gasteiger partial charge in [-0.05, 0) is 24.1 Å². The minimum Gasteiger partial charge on any atom is -0.325 e. The fraction of sp³-hybridized carbons (Fsp3) is 0.316. The Balaban J connectivity index is 1.66. The lowest BCUT2D eigenvalue weighted by Gasteiger charge is -2.25. The Morgan fingerprint density at radius 2 is 1.96 bits per heavy atom. The van der Waals surface area contributed by atoms with Crippen molar-refractivity contribution in [3.63, 3.8) is 0 Å². The number of benzene rings is 1. The molecule has 1 aromatic carbocycles. The smallest absolute Gasteiger partial charge is 0.325 e. The molecule has 2 atom stereocenters. The van der Waals surface area contributed by atoms with Crippen molar-refractivity contribution < 1.29 is 19.3 Å². The van der Waals surface area contributed by atoms with Gasteiger partial charge in [-0.25, -0.2) is 4.79 Å². The first-order chi connectivity index (χ1) is 13.4. The van der Waals surface area contributed by atoms with Crippen LogP contribution in [0.3, 0.4) is 0 Å². The molecular formula is C19H22ClN4O3S+. The number of amides is 4. The van der Waals surface area contributed by atoms with Crippen LogP contribution in [0, 0.1) is 0 Å². The zero-order valence-electron chi connectivity index (χ0n) is 15.6. The summed E-state index contributed by atoms with van der Waals surface area (Å²) in [6.07, 6.45) is 0.373. The molecule has 0 saturated carbocycles. The SMILES string of the molecule is CC[C@]1(c2ccccc2)NC(=O)N(NC(=O)C[NH+](C)Cc2ccc(Cl)s2)C1=O. The van der Waals surface area contributed by atoms with E-state index in [1.54, 1.807) is 12.1 Å². The molecule has 1 unspecified atom stereocenters. The average molecular weight is 422 g/mol. The van der Waals surface area contributed by atoms with Crippen molar-refractivity contribution in [3.8, 4) is 0 Å². The van der Waals surface area contributed by atoms with E-state index in [4.69, 9.17) is 11.6 Å². The van der Waals surface area contributed by atoms with E-state index in [1.807, 2.05) is 44.3 Å². The summed E-state index contributed by atoms with van der Waals surface area (Å²) < 4.78 is 0.698. The number of thiophene rings is 1. The van der Waals surface area contributed by atoms with Crippen LogP contribution in [0.15, 0.2) is 42.5 Å². The fourth-order valence-corrected chi connectivity index (χ4v) is 4.49. The zero-order valence-corrected chi connectivity index (χ0v) is 17.2. The molecule has 1 fully saturated rings. The molecule has 0 bridgehead atoms. The standard InChI is InChI=1S/C19H21ClN4O3S/c1-3-19(13-7-5-4-6-8-13)17(26)24(18(27)21-19)22-16(25)12-23(2)11-14-9-10-15(20)28-14/h4-10H,3,11-12H2,1-2H3,(H,21,27)(H,22,25)/p+1/t19-/m1/s1. The molecule has 0 radical (unpaired) electrons. The Bertz CT molecular complexity index is 888. The van der Waals surface area contributed by atoms with Gasteiger partial charge < -0.3 is 10.2 Å². The van der Waals surface area contributed by atoms with Gasteiger partial charge in [0, 0.05) is 0 Å². The quantitative estimate of drug-likeness (QED) is 0.589. The predicted octanol–water partition coefficient (Wildman–Crippen LogP) is 1.30. The second-order valence-corrected chi connectivity index (χ2v) is 8.55. The van der Waals surface area contributed by atoms with Gasteiger partial charge in [0.25, 0.3) is 11.8 Å². The zero-order chi connectivity index (χ0) is 20.3. The number of hydrogen-bond acceptors (Lipinski definition) is 4. The first kappa shape index (κ1) is 20.3. The van der Waals surface area contributed by atoms with Crippen LogP contribution in [-0.2, 0) is 21.7 Å². The number of halogens is 1. The van der Waals surface area contributed by atoms with E-state index < -0.39 is 23.4 Å². The molecule has 2 heterocycles. The van der Waals surface area contributed by atoms with Crippen molar-refractivity contribution in [2.75, 3.05) is 13.6 Å². The third-order valence-electron chi connectivity index (χ3n) is 4.69. The van der Waals surface area contributed by atoms with Gasteiger partial charge in [0.15, 0.2) is 6.54 Å². The van der Waals surface area contributed by atoms with E-state index in [1.165, 1.54) is 11.3 Å².